The van der Waals surface area contributed by atoms with Crippen LogP contribution in [-0.2, 0) is 5.41 Å². The second-order valence-electron chi connectivity index (χ2n) is 4.91. The van der Waals surface area contributed by atoms with Gasteiger partial charge in [0.25, 0.3) is 0 Å². The highest BCUT2D eigenvalue weighted by molar-refractivity contribution is 5.30. The van der Waals surface area contributed by atoms with Crippen LogP contribution in [0.4, 0.5) is 4.39 Å². The summed E-state index contributed by atoms with van der Waals surface area (Å²) in [4.78, 5) is 3.93. The first-order valence-electron chi connectivity index (χ1n) is 5.98. The van der Waals surface area contributed by atoms with E-state index in [1.54, 1.807) is 12.3 Å². The van der Waals surface area contributed by atoms with Gasteiger partial charge in [-0.2, -0.15) is 0 Å². The first-order valence-corrected chi connectivity index (χ1v) is 5.98. The van der Waals surface area contributed by atoms with Crippen molar-refractivity contribution in [2.45, 2.75) is 32.1 Å². The van der Waals surface area contributed by atoms with Crippen molar-refractivity contribution in [1.29, 1.82) is 0 Å². The fraction of sp³-hybridized carbons (Fsp3) is 0.615. The minimum absolute atomic E-state index is 0.135. The molecule has 0 bridgehead atoms. The first-order chi connectivity index (χ1) is 7.66. The minimum atomic E-state index is -0.231. The summed E-state index contributed by atoms with van der Waals surface area (Å²) in [6.07, 6.45) is 5.35. The van der Waals surface area contributed by atoms with Gasteiger partial charge >= 0.3 is 0 Å². The molecule has 0 aliphatic heterocycles. The summed E-state index contributed by atoms with van der Waals surface area (Å²) < 4.78 is 13.1. The Bertz CT molecular complexity index is 367. The van der Waals surface area contributed by atoms with Gasteiger partial charge in [0, 0.05) is 6.20 Å². The fourth-order valence-electron chi connectivity index (χ4n) is 2.28. The number of nitrogens with zero attached hydrogens (tertiary/aromatic N) is 1. The number of rotatable bonds is 5. The molecule has 2 atom stereocenters. The van der Waals surface area contributed by atoms with E-state index in [1.165, 1.54) is 6.20 Å². The highest BCUT2D eigenvalue weighted by Gasteiger charge is 2.50. The van der Waals surface area contributed by atoms with Crippen molar-refractivity contribution in [3.8, 4) is 0 Å². The van der Waals surface area contributed by atoms with Crippen LogP contribution in [0.1, 0.15) is 32.3 Å². The average Bonchev–Trinajstić information content (AvgIpc) is 2.92. The zero-order chi connectivity index (χ0) is 11.6. The molecule has 2 nitrogen and oxygen atoms in total. The number of aromatic nitrogens is 1. The van der Waals surface area contributed by atoms with Gasteiger partial charge in [-0.1, -0.05) is 13.8 Å². The molecule has 1 heterocycles. The summed E-state index contributed by atoms with van der Waals surface area (Å²) >= 11 is 0. The third-order valence-electron chi connectivity index (χ3n) is 3.59. The second kappa shape index (κ2) is 4.50. The van der Waals surface area contributed by atoms with E-state index < -0.39 is 0 Å². The molecular weight excluding hydrogens is 203 g/mol. The highest BCUT2D eigenvalue weighted by atomic mass is 19.1. The van der Waals surface area contributed by atoms with Crippen LogP contribution in [-0.4, -0.2) is 18.1 Å². The highest BCUT2D eigenvalue weighted by Crippen LogP contribution is 2.53. The van der Waals surface area contributed by atoms with Crippen molar-refractivity contribution in [1.82, 2.24) is 10.3 Å². The average molecular weight is 222 g/mol. The zero-order valence-corrected chi connectivity index (χ0v) is 9.96. The van der Waals surface area contributed by atoms with Crippen molar-refractivity contribution in [3.63, 3.8) is 0 Å². The normalized spacial score (nSPS) is 28.1. The predicted molar refractivity (Wildman–Crippen MR) is 62.8 cm³/mol. The van der Waals surface area contributed by atoms with Crippen LogP contribution in [0, 0.1) is 11.7 Å². The molecule has 1 fully saturated rings. The molecule has 2 rings (SSSR count). The van der Waals surface area contributed by atoms with Gasteiger partial charge in [-0.3, -0.25) is 4.98 Å². The van der Waals surface area contributed by atoms with Crippen molar-refractivity contribution in [2.24, 2.45) is 5.92 Å². The van der Waals surface area contributed by atoms with E-state index in [-0.39, 0.29) is 11.2 Å². The zero-order valence-electron chi connectivity index (χ0n) is 9.96. The smallest absolute Gasteiger partial charge is 0.141 e. The SMILES string of the molecule is CCCNCC1CC1(C)c1cncc(F)c1. The molecule has 0 radical (unpaired) electrons. The Hall–Kier alpha value is -0.960. The molecule has 2 unspecified atom stereocenters. The van der Waals surface area contributed by atoms with E-state index in [1.807, 2.05) is 0 Å². The van der Waals surface area contributed by atoms with Gasteiger partial charge in [-0.25, -0.2) is 4.39 Å². The molecule has 16 heavy (non-hydrogen) atoms. The molecule has 0 spiro atoms. The molecule has 3 heteroatoms. The molecule has 0 saturated heterocycles. The van der Waals surface area contributed by atoms with E-state index in [2.05, 4.69) is 24.1 Å². The molecule has 1 N–H and O–H groups in total. The summed E-state index contributed by atoms with van der Waals surface area (Å²) in [5, 5.41) is 3.42. The maximum absolute atomic E-state index is 13.1. The summed E-state index contributed by atoms with van der Waals surface area (Å²) in [7, 11) is 0. The van der Waals surface area contributed by atoms with Crippen LogP contribution in [0.3, 0.4) is 0 Å². The predicted octanol–water partition coefficient (Wildman–Crippen LogP) is 2.50. The van der Waals surface area contributed by atoms with Gasteiger partial charge in [0.1, 0.15) is 5.82 Å². The van der Waals surface area contributed by atoms with Gasteiger partial charge < -0.3 is 5.32 Å². The number of hydrogen-bond donors (Lipinski definition) is 1. The summed E-state index contributed by atoms with van der Waals surface area (Å²) in [5.41, 5.74) is 1.17. The Morgan fingerprint density at radius 3 is 3.06 bits per heavy atom. The van der Waals surface area contributed by atoms with Crippen LogP contribution in [0.2, 0.25) is 0 Å². The standard InChI is InChI=1S/C13H19FN2/c1-3-4-15-8-11-6-13(11,2)10-5-12(14)9-16-7-10/h5,7,9,11,15H,3-4,6,8H2,1-2H3. The second-order valence-corrected chi connectivity index (χ2v) is 4.91. The van der Waals surface area contributed by atoms with Gasteiger partial charge in [-0.15, -0.1) is 0 Å². The van der Waals surface area contributed by atoms with Crippen LogP contribution in [0.25, 0.3) is 0 Å². The van der Waals surface area contributed by atoms with Crippen molar-refractivity contribution in [3.05, 3.63) is 29.8 Å². The van der Waals surface area contributed by atoms with Gasteiger partial charge in [0.2, 0.25) is 0 Å². The molecule has 0 amide bonds. The molecule has 1 aromatic heterocycles. The largest absolute Gasteiger partial charge is 0.316 e. The van der Waals surface area contributed by atoms with Crippen molar-refractivity contribution < 1.29 is 4.39 Å². The molecular formula is C13H19FN2. The molecule has 88 valence electrons. The van der Waals surface area contributed by atoms with Gasteiger partial charge in [-0.05, 0) is 48.9 Å². The van der Waals surface area contributed by atoms with Crippen LogP contribution in [0.15, 0.2) is 18.5 Å². The summed E-state index contributed by atoms with van der Waals surface area (Å²) in [6.45, 7) is 6.45. The van der Waals surface area contributed by atoms with Crippen LogP contribution >= 0.6 is 0 Å². The van der Waals surface area contributed by atoms with E-state index in [0.717, 1.165) is 31.5 Å². The molecule has 1 saturated carbocycles. The molecule has 0 aromatic carbocycles. The number of nitrogens with one attached hydrogen (secondary N) is 1. The third-order valence-corrected chi connectivity index (χ3v) is 3.59. The maximum Gasteiger partial charge on any atom is 0.141 e. The summed E-state index contributed by atoms with van der Waals surface area (Å²) in [5.74, 6) is 0.397. The van der Waals surface area contributed by atoms with E-state index in [9.17, 15) is 4.39 Å². The van der Waals surface area contributed by atoms with E-state index >= 15 is 0 Å². The number of halogens is 1. The monoisotopic (exact) mass is 222 g/mol. The quantitative estimate of drug-likeness (QED) is 0.774. The topological polar surface area (TPSA) is 24.9 Å². The Kier molecular flexibility index (Phi) is 3.24. The molecule has 1 aliphatic rings. The fourth-order valence-corrected chi connectivity index (χ4v) is 2.28. The number of hydrogen-bond acceptors (Lipinski definition) is 2. The van der Waals surface area contributed by atoms with Crippen molar-refractivity contribution >= 4 is 0 Å². The Morgan fingerprint density at radius 2 is 2.38 bits per heavy atom. The van der Waals surface area contributed by atoms with Crippen LogP contribution in [0.5, 0.6) is 0 Å². The van der Waals surface area contributed by atoms with Gasteiger partial charge in [0.15, 0.2) is 0 Å². The molecule has 1 aliphatic carbocycles. The lowest BCUT2D eigenvalue weighted by Gasteiger charge is -2.11. The molecule has 1 aromatic rings. The minimum Gasteiger partial charge on any atom is -0.316 e. The lowest BCUT2D eigenvalue weighted by molar-refractivity contribution is 0.566. The van der Waals surface area contributed by atoms with Crippen LogP contribution < -0.4 is 5.32 Å². The Balaban J connectivity index is 1.96. The van der Waals surface area contributed by atoms with Crippen molar-refractivity contribution in [2.75, 3.05) is 13.1 Å². The lowest BCUT2D eigenvalue weighted by Crippen LogP contribution is -2.21. The third kappa shape index (κ3) is 2.24. The van der Waals surface area contributed by atoms with Gasteiger partial charge in [0.05, 0.1) is 6.20 Å². The lowest BCUT2D eigenvalue weighted by atomic mass is 9.97. The first kappa shape index (κ1) is 11.5. The summed E-state index contributed by atoms with van der Waals surface area (Å²) in [6, 6.07) is 1.62. The maximum atomic E-state index is 13.1. The number of pyridine rings is 1. The Labute approximate surface area is 96.3 Å². The van der Waals surface area contributed by atoms with E-state index in [4.69, 9.17) is 0 Å². The van der Waals surface area contributed by atoms with E-state index in [0.29, 0.717) is 5.92 Å². The Morgan fingerprint density at radius 1 is 1.56 bits per heavy atom.